The van der Waals surface area contributed by atoms with Crippen molar-refractivity contribution in [3.63, 3.8) is 0 Å². The average Bonchev–Trinajstić information content (AvgIpc) is 2.12. The third kappa shape index (κ3) is 2.28. The number of nitrogens with zero attached hydrogens (tertiary/aromatic N) is 1. The van der Waals surface area contributed by atoms with E-state index in [0.717, 1.165) is 16.7 Å². The molecule has 14 heavy (non-hydrogen) atoms. The van der Waals surface area contributed by atoms with Gasteiger partial charge < -0.3 is 4.74 Å². The van der Waals surface area contributed by atoms with Gasteiger partial charge in [0.05, 0.1) is 12.3 Å². The minimum absolute atomic E-state index is 0.576. The normalized spacial score (nSPS) is 9.64. The number of aliphatic imine (C=N–C) groups is 1. The van der Waals surface area contributed by atoms with E-state index in [1.807, 2.05) is 26.0 Å². The fourth-order valence-electron chi connectivity index (χ4n) is 1.52. The summed E-state index contributed by atoms with van der Waals surface area (Å²) in [4.78, 5) is 13.8. The average molecular weight is 191 g/mol. The first kappa shape index (κ1) is 10.6. The highest BCUT2D eigenvalue weighted by Crippen LogP contribution is 2.24. The molecule has 0 aliphatic rings. The van der Waals surface area contributed by atoms with Crippen molar-refractivity contribution in [3.8, 4) is 0 Å². The Balaban J connectivity index is 3.17. The van der Waals surface area contributed by atoms with Crippen molar-refractivity contribution < 1.29 is 9.53 Å². The lowest BCUT2D eigenvalue weighted by atomic mass is 10.1. The van der Waals surface area contributed by atoms with E-state index in [1.54, 1.807) is 13.2 Å². The van der Waals surface area contributed by atoms with Gasteiger partial charge in [-0.2, -0.15) is 4.99 Å². The van der Waals surface area contributed by atoms with Crippen LogP contribution in [0.1, 0.15) is 16.7 Å². The van der Waals surface area contributed by atoms with Gasteiger partial charge >= 0.3 is 0 Å². The van der Waals surface area contributed by atoms with Crippen LogP contribution in [-0.2, 0) is 16.1 Å². The molecule has 74 valence electrons. The fourth-order valence-corrected chi connectivity index (χ4v) is 1.52. The molecule has 0 bridgehead atoms. The second kappa shape index (κ2) is 4.70. The third-order valence-corrected chi connectivity index (χ3v) is 2.02. The van der Waals surface area contributed by atoms with Crippen LogP contribution < -0.4 is 0 Å². The zero-order valence-corrected chi connectivity index (χ0v) is 8.63. The van der Waals surface area contributed by atoms with E-state index >= 15 is 0 Å². The van der Waals surface area contributed by atoms with Crippen molar-refractivity contribution >= 4 is 11.8 Å². The fraction of sp³-hybridized carbons (Fsp3) is 0.364. The van der Waals surface area contributed by atoms with Gasteiger partial charge in [-0.15, -0.1) is 0 Å². The summed E-state index contributed by atoms with van der Waals surface area (Å²) >= 11 is 0. The lowest BCUT2D eigenvalue weighted by Crippen LogP contribution is -1.90. The van der Waals surface area contributed by atoms with E-state index in [4.69, 9.17) is 4.74 Å². The van der Waals surface area contributed by atoms with Crippen LogP contribution in [0.15, 0.2) is 17.1 Å². The van der Waals surface area contributed by atoms with Crippen LogP contribution in [-0.4, -0.2) is 13.2 Å². The number of hydrogen-bond acceptors (Lipinski definition) is 3. The van der Waals surface area contributed by atoms with Gasteiger partial charge in [0, 0.05) is 7.11 Å². The molecular formula is C11H13NO2. The van der Waals surface area contributed by atoms with Crippen molar-refractivity contribution in [1.82, 2.24) is 0 Å². The van der Waals surface area contributed by atoms with Crippen LogP contribution >= 0.6 is 0 Å². The Morgan fingerprint density at radius 2 is 1.93 bits per heavy atom. The second-order valence-electron chi connectivity index (χ2n) is 3.21. The van der Waals surface area contributed by atoms with Gasteiger partial charge in [-0.1, -0.05) is 12.1 Å². The summed E-state index contributed by atoms with van der Waals surface area (Å²) in [7, 11) is 1.65. The Hall–Kier alpha value is -1.44. The molecule has 0 radical (unpaired) electrons. The predicted octanol–water partition coefficient (Wildman–Crippen LogP) is 2.42. The zero-order chi connectivity index (χ0) is 10.6. The minimum Gasteiger partial charge on any atom is -0.380 e. The molecule has 0 aliphatic carbocycles. The van der Waals surface area contributed by atoms with Gasteiger partial charge in [0.1, 0.15) is 0 Å². The van der Waals surface area contributed by atoms with Gasteiger partial charge in [-0.3, -0.25) is 0 Å². The largest absolute Gasteiger partial charge is 0.380 e. The number of isocyanates is 1. The van der Waals surface area contributed by atoms with Crippen LogP contribution in [0.5, 0.6) is 0 Å². The van der Waals surface area contributed by atoms with Crippen molar-refractivity contribution in [2.24, 2.45) is 4.99 Å². The first-order valence-corrected chi connectivity index (χ1v) is 4.36. The lowest BCUT2D eigenvalue weighted by Gasteiger charge is -2.06. The smallest absolute Gasteiger partial charge is 0.240 e. The molecule has 1 rings (SSSR count). The summed E-state index contributed by atoms with van der Waals surface area (Å²) in [5.41, 5.74) is 3.74. The summed E-state index contributed by atoms with van der Waals surface area (Å²) in [5, 5.41) is 0. The van der Waals surface area contributed by atoms with Crippen molar-refractivity contribution in [2.75, 3.05) is 7.11 Å². The van der Waals surface area contributed by atoms with Crippen LogP contribution in [0.4, 0.5) is 5.69 Å². The molecule has 1 aromatic rings. The first-order chi connectivity index (χ1) is 6.69. The minimum atomic E-state index is 0.576. The Labute approximate surface area is 83.4 Å². The molecule has 0 atom stereocenters. The number of rotatable bonds is 3. The van der Waals surface area contributed by atoms with E-state index in [-0.39, 0.29) is 0 Å². The Kier molecular flexibility index (Phi) is 3.57. The molecule has 0 aromatic heterocycles. The van der Waals surface area contributed by atoms with Crippen molar-refractivity contribution in [1.29, 1.82) is 0 Å². The summed E-state index contributed by atoms with van der Waals surface area (Å²) < 4.78 is 5.03. The number of aryl methyl sites for hydroxylation is 2. The van der Waals surface area contributed by atoms with E-state index in [9.17, 15) is 4.79 Å². The molecule has 1 aromatic carbocycles. The lowest BCUT2D eigenvalue weighted by molar-refractivity contribution is 0.185. The molecule has 3 heteroatoms. The number of methoxy groups -OCH3 is 1. The van der Waals surface area contributed by atoms with E-state index < -0.39 is 0 Å². The van der Waals surface area contributed by atoms with E-state index in [0.29, 0.717) is 12.3 Å². The maximum absolute atomic E-state index is 10.2. The van der Waals surface area contributed by atoms with Crippen LogP contribution in [0.2, 0.25) is 0 Å². The maximum atomic E-state index is 10.2. The molecule has 0 saturated carbocycles. The zero-order valence-electron chi connectivity index (χ0n) is 8.63. The predicted molar refractivity (Wildman–Crippen MR) is 54.4 cm³/mol. The topological polar surface area (TPSA) is 38.7 Å². The standard InChI is InChI=1S/C11H13NO2/c1-8-4-10(6-14-3)5-9(2)11(8)12-7-13/h4-5H,6H2,1-3H3. The molecule has 0 heterocycles. The Bertz CT molecular complexity index is 356. The molecular weight excluding hydrogens is 178 g/mol. The molecule has 0 spiro atoms. The van der Waals surface area contributed by atoms with Crippen molar-refractivity contribution in [3.05, 3.63) is 28.8 Å². The van der Waals surface area contributed by atoms with Crippen LogP contribution in [0.25, 0.3) is 0 Å². The monoisotopic (exact) mass is 191 g/mol. The van der Waals surface area contributed by atoms with Crippen LogP contribution in [0, 0.1) is 13.8 Å². The van der Waals surface area contributed by atoms with Gasteiger partial charge in [-0.05, 0) is 30.5 Å². The maximum Gasteiger partial charge on any atom is 0.240 e. The molecule has 0 fully saturated rings. The highest BCUT2D eigenvalue weighted by molar-refractivity contribution is 5.59. The molecule has 3 nitrogen and oxygen atoms in total. The SMILES string of the molecule is COCc1cc(C)c(N=C=O)c(C)c1. The van der Waals surface area contributed by atoms with Gasteiger partial charge in [0.15, 0.2) is 0 Å². The number of benzene rings is 1. The highest BCUT2D eigenvalue weighted by Gasteiger charge is 2.03. The summed E-state index contributed by atoms with van der Waals surface area (Å²) in [6.45, 7) is 4.41. The Morgan fingerprint density at radius 1 is 1.36 bits per heavy atom. The molecule has 0 aliphatic heterocycles. The highest BCUT2D eigenvalue weighted by atomic mass is 16.5. The first-order valence-electron chi connectivity index (χ1n) is 4.36. The number of hydrogen-bond donors (Lipinski definition) is 0. The Morgan fingerprint density at radius 3 is 2.36 bits per heavy atom. The quantitative estimate of drug-likeness (QED) is 0.543. The van der Waals surface area contributed by atoms with E-state index in [2.05, 4.69) is 4.99 Å². The summed E-state index contributed by atoms with van der Waals surface area (Å²) in [5.74, 6) is 0. The number of ether oxygens (including phenoxy) is 1. The second-order valence-corrected chi connectivity index (χ2v) is 3.21. The summed E-state index contributed by atoms with van der Waals surface area (Å²) in [6.07, 6.45) is 1.56. The van der Waals surface area contributed by atoms with Gasteiger partial charge in [0.2, 0.25) is 6.08 Å². The van der Waals surface area contributed by atoms with Crippen molar-refractivity contribution in [2.45, 2.75) is 20.5 Å². The molecule has 0 N–H and O–H groups in total. The molecule has 0 amide bonds. The van der Waals surface area contributed by atoms with Gasteiger partial charge in [-0.25, -0.2) is 4.79 Å². The molecule has 0 unspecified atom stereocenters. The molecule has 0 saturated heterocycles. The number of carbonyl (C=O) groups excluding carboxylic acids is 1. The van der Waals surface area contributed by atoms with E-state index in [1.165, 1.54) is 0 Å². The van der Waals surface area contributed by atoms with Crippen LogP contribution in [0.3, 0.4) is 0 Å². The van der Waals surface area contributed by atoms with Gasteiger partial charge in [0.25, 0.3) is 0 Å². The third-order valence-electron chi connectivity index (χ3n) is 2.02. The summed E-state index contributed by atoms with van der Waals surface area (Å²) in [6, 6.07) is 3.93.